The average molecular weight is 525 g/mol. The van der Waals surface area contributed by atoms with Crippen molar-refractivity contribution in [1.29, 1.82) is 0 Å². The van der Waals surface area contributed by atoms with E-state index in [0.717, 1.165) is 12.1 Å². The van der Waals surface area contributed by atoms with Gasteiger partial charge in [-0.2, -0.15) is 0 Å². The number of nitro benzene ring substituents is 1. The Morgan fingerprint density at radius 1 is 0.929 bits per heavy atom. The minimum Gasteiger partial charge on any atom is -0.274 e. The van der Waals surface area contributed by atoms with E-state index in [2.05, 4.69) is 0 Å². The Kier molecular flexibility index (Phi) is 4.48. The van der Waals surface area contributed by atoms with Gasteiger partial charge in [-0.25, -0.2) is 4.90 Å². The van der Waals surface area contributed by atoms with Crippen LogP contribution in [-0.4, -0.2) is 30.8 Å². The highest BCUT2D eigenvalue weighted by Crippen LogP contribution is 2.77. The van der Waals surface area contributed by atoms with E-state index in [-0.39, 0.29) is 26.5 Å². The molecule has 1 saturated heterocycles. The molecule has 148 valence electrons. The first-order chi connectivity index (χ1) is 12.8. The largest absolute Gasteiger partial charge is 0.274 e. The van der Waals surface area contributed by atoms with Gasteiger partial charge in [-0.3, -0.25) is 19.7 Å². The number of hydrogen-bond donors (Lipinski definition) is 0. The van der Waals surface area contributed by atoms with Crippen LogP contribution in [0.1, 0.15) is 0 Å². The Morgan fingerprint density at radius 2 is 1.39 bits per heavy atom. The van der Waals surface area contributed by atoms with Crippen molar-refractivity contribution < 1.29 is 14.5 Å². The number of imide groups is 1. The first-order valence-corrected chi connectivity index (χ1v) is 10.1. The van der Waals surface area contributed by atoms with Crippen LogP contribution in [0.25, 0.3) is 0 Å². The summed E-state index contributed by atoms with van der Waals surface area (Å²) < 4.78 is -2.06. The maximum atomic E-state index is 13.2. The summed E-state index contributed by atoms with van der Waals surface area (Å²) in [7, 11) is 0. The van der Waals surface area contributed by atoms with Crippen LogP contribution in [0.2, 0.25) is 5.02 Å². The average Bonchev–Trinajstić information content (AvgIpc) is 3.00. The molecule has 1 saturated carbocycles. The van der Waals surface area contributed by atoms with E-state index in [9.17, 15) is 19.7 Å². The second-order valence-corrected chi connectivity index (χ2v) is 10.2. The third-order valence-corrected chi connectivity index (χ3v) is 9.87. The van der Waals surface area contributed by atoms with Crippen molar-refractivity contribution in [3.05, 3.63) is 43.4 Å². The van der Waals surface area contributed by atoms with Crippen LogP contribution in [0, 0.1) is 22.0 Å². The van der Waals surface area contributed by atoms with E-state index >= 15 is 0 Å². The van der Waals surface area contributed by atoms with Gasteiger partial charge in [0.05, 0.1) is 37.5 Å². The molecule has 1 heterocycles. The number of benzene rings is 1. The Hall–Kier alpha value is -0.470. The van der Waals surface area contributed by atoms with Crippen LogP contribution in [-0.2, 0) is 9.59 Å². The number of fused-ring (bicyclic) bond motifs is 5. The molecule has 1 aromatic rings. The molecule has 3 aliphatic rings. The van der Waals surface area contributed by atoms with Gasteiger partial charge in [0.2, 0.25) is 11.8 Å². The van der Waals surface area contributed by atoms with Crippen LogP contribution in [0.5, 0.6) is 0 Å². The molecule has 0 aromatic heterocycles. The van der Waals surface area contributed by atoms with Gasteiger partial charge in [-0.05, 0) is 6.07 Å². The molecule has 13 heteroatoms. The lowest BCUT2D eigenvalue weighted by Gasteiger charge is -2.34. The predicted molar refractivity (Wildman–Crippen MR) is 108 cm³/mol. The maximum Gasteiger partial charge on any atom is 0.271 e. The van der Waals surface area contributed by atoms with E-state index in [1.807, 2.05) is 0 Å². The molecule has 2 fully saturated rings. The van der Waals surface area contributed by atoms with Gasteiger partial charge in [0.15, 0.2) is 4.33 Å². The number of carbonyl (C=O) groups excluding carboxylic acids is 2. The molecule has 2 amide bonds. The molecule has 6 nitrogen and oxygen atoms in total. The van der Waals surface area contributed by atoms with E-state index in [1.54, 1.807) is 0 Å². The molecule has 1 aliphatic heterocycles. The zero-order chi connectivity index (χ0) is 21.0. The van der Waals surface area contributed by atoms with Crippen molar-refractivity contribution in [3.8, 4) is 0 Å². The Morgan fingerprint density at radius 3 is 1.82 bits per heavy atom. The summed E-state index contributed by atoms with van der Waals surface area (Å²) in [6.45, 7) is 0. The van der Waals surface area contributed by atoms with Crippen LogP contribution in [0.3, 0.4) is 0 Å². The summed E-state index contributed by atoms with van der Waals surface area (Å²) in [6, 6.07) is 3.32. The topological polar surface area (TPSA) is 80.5 Å². The fourth-order valence-corrected chi connectivity index (χ4v) is 7.15. The standard InChI is InChI=1S/C15H5Cl7N2O4/c16-5-2-1-4(24(27)28)3-6(5)23-11(25)7-8(12(23)26)14(20)10(18)9(17)13(7,19)15(14,21)22/h1-3,7-8H. The second-order valence-electron chi connectivity index (χ2n) is 6.49. The van der Waals surface area contributed by atoms with E-state index in [4.69, 9.17) is 81.2 Å². The van der Waals surface area contributed by atoms with Crippen molar-refractivity contribution >= 4 is 104 Å². The van der Waals surface area contributed by atoms with E-state index in [1.165, 1.54) is 6.07 Å². The molecule has 28 heavy (non-hydrogen) atoms. The molecule has 2 aliphatic carbocycles. The summed E-state index contributed by atoms with van der Waals surface area (Å²) >= 11 is 44.5. The fraction of sp³-hybridized carbons (Fsp3) is 0.333. The molecule has 0 radical (unpaired) electrons. The number of nitrogens with zero attached hydrogens (tertiary/aromatic N) is 2. The van der Waals surface area contributed by atoms with Crippen molar-refractivity contribution in [2.45, 2.75) is 14.1 Å². The molecular weight excluding hydrogens is 520 g/mol. The van der Waals surface area contributed by atoms with E-state index in [0.29, 0.717) is 4.90 Å². The van der Waals surface area contributed by atoms with Crippen molar-refractivity contribution in [2.24, 2.45) is 11.8 Å². The first kappa shape index (κ1) is 20.8. The molecule has 0 spiro atoms. The highest BCUT2D eigenvalue weighted by Gasteiger charge is 2.87. The molecule has 4 rings (SSSR count). The van der Waals surface area contributed by atoms with Crippen LogP contribution < -0.4 is 4.90 Å². The number of amides is 2. The van der Waals surface area contributed by atoms with Crippen molar-refractivity contribution in [2.75, 3.05) is 4.90 Å². The molecule has 2 bridgehead atoms. The summed E-state index contributed by atoms with van der Waals surface area (Å²) in [4.78, 5) is 33.5. The second kappa shape index (κ2) is 6.03. The lowest BCUT2D eigenvalue weighted by Crippen LogP contribution is -2.50. The minimum atomic E-state index is -2.06. The van der Waals surface area contributed by atoms with Gasteiger partial charge >= 0.3 is 0 Å². The number of alkyl halides is 4. The van der Waals surface area contributed by atoms with Gasteiger partial charge < -0.3 is 0 Å². The third kappa shape index (κ3) is 2.05. The Balaban J connectivity index is 1.91. The number of carbonyl (C=O) groups is 2. The lowest BCUT2D eigenvalue weighted by molar-refractivity contribution is -0.384. The monoisotopic (exact) mass is 522 g/mol. The van der Waals surface area contributed by atoms with Gasteiger partial charge in [0, 0.05) is 12.1 Å². The SMILES string of the molecule is O=C1C2C(C(=O)N1c1cc([N+](=O)[O-])ccc1Cl)C1(Cl)C(Cl)=C(Cl)C2(Cl)C1(Cl)Cl. The number of hydrogen-bond acceptors (Lipinski definition) is 4. The summed E-state index contributed by atoms with van der Waals surface area (Å²) in [5.74, 6) is -4.38. The quantitative estimate of drug-likeness (QED) is 0.230. The minimum absolute atomic E-state index is 0.0694. The number of allylic oxidation sites excluding steroid dienone is 2. The lowest BCUT2D eigenvalue weighted by atomic mass is 9.84. The number of rotatable bonds is 2. The van der Waals surface area contributed by atoms with Gasteiger partial charge in [-0.1, -0.05) is 58.0 Å². The zero-order valence-electron chi connectivity index (χ0n) is 13.1. The molecule has 4 unspecified atom stereocenters. The smallest absolute Gasteiger partial charge is 0.271 e. The first-order valence-electron chi connectivity index (χ1n) is 7.47. The zero-order valence-corrected chi connectivity index (χ0v) is 18.4. The fourth-order valence-electron chi connectivity index (χ4n) is 4.02. The van der Waals surface area contributed by atoms with Gasteiger partial charge in [-0.15, -0.1) is 23.2 Å². The summed E-state index contributed by atoms with van der Waals surface area (Å²) in [5.41, 5.74) is -0.568. The van der Waals surface area contributed by atoms with Crippen molar-refractivity contribution in [3.63, 3.8) is 0 Å². The van der Waals surface area contributed by atoms with Gasteiger partial charge in [0.1, 0.15) is 9.75 Å². The molecule has 0 N–H and O–H groups in total. The van der Waals surface area contributed by atoms with Gasteiger partial charge in [0.25, 0.3) is 5.69 Å². The van der Waals surface area contributed by atoms with E-state index < -0.39 is 42.7 Å². The number of nitro groups is 1. The Bertz CT molecular complexity index is 982. The number of halogens is 7. The normalized spacial score (nSPS) is 35.8. The number of non-ortho nitro benzene ring substituents is 1. The van der Waals surface area contributed by atoms with Crippen LogP contribution in [0.15, 0.2) is 28.3 Å². The molecular formula is C15H5Cl7N2O4. The Labute approximate surface area is 192 Å². The predicted octanol–water partition coefficient (Wildman–Crippen LogP) is 5.20. The van der Waals surface area contributed by atoms with Crippen LogP contribution in [0.4, 0.5) is 11.4 Å². The number of anilines is 1. The third-order valence-electron chi connectivity index (χ3n) is 5.29. The summed E-state index contributed by atoms with van der Waals surface area (Å²) in [6.07, 6.45) is 0. The van der Waals surface area contributed by atoms with Crippen molar-refractivity contribution in [1.82, 2.24) is 0 Å². The van der Waals surface area contributed by atoms with Crippen LogP contribution >= 0.6 is 81.2 Å². The molecule has 1 aromatic carbocycles. The highest BCUT2D eigenvalue weighted by molar-refractivity contribution is 6.67. The maximum absolute atomic E-state index is 13.2. The molecule has 4 atom stereocenters. The highest BCUT2D eigenvalue weighted by atomic mass is 35.5. The summed E-state index contributed by atoms with van der Waals surface area (Å²) in [5, 5.41) is 10.5.